The van der Waals surface area contributed by atoms with E-state index in [4.69, 9.17) is 9.47 Å². The standard InChI is InChI=1S/C20H19O3P/c1-22-16-23-19-14-8-9-15-20(19)24(21,17-10-4-2-5-11-17)18-12-6-3-7-13-18/h2-15H,16H2,1H3. The minimum Gasteiger partial charge on any atom is -0.467 e. The van der Waals surface area contributed by atoms with Crippen molar-refractivity contribution in [2.75, 3.05) is 13.9 Å². The summed E-state index contributed by atoms with van der Waals surface area (Å²) in [6.07, 6.45) is 0. The third-order valence-electron chi connectivity index (χ3n) is 3.78. The molecule has 0 saturated heterocycles. The lowest BCUT2D eigenvalue weighted by molar-refractivity contribution is 0.0519. The summed E-state index contributed by atoms with van der Waals surface area (Å²) in [5.41, 5.74) is 0. The van der Waals surface area contributed by atoms with Crippen LogP contribution in [-0.4, -0.2) is 13.9 Å². The topological polar surface area (TPSA) is 35.5 Å². The van der Waals surface area contributed by atoms with Crippen LogP contribution in [0.5, 0.6) is 5.75 Å². The molecule has 0 unspecified atom stereocenters. The summed E-state index contributed by atoms with van der Waals surface area (Å²) in [6, 6.07) is 26.5. The minimum atomic E-state index is -3.03. The lowest BCUT2D eigenvalue weighted by atomic mass is 10.3. The molecule has 0 heterocycles. The molecule has 4 heteroatoms. The zero-order valence-electron chi connectivity index (χ0n) is 13.5. The van der Waals surface area contributed by atoms with Gasteiger partial charge in [0.2, 0.25) is 0 Å². The monoisotopic (exact) mass is 338 g/mol. The largest absolute Gasteiger partial charge is 0.467 e. The zero-order valence-corrected chi connectivity index (χ0v) is 14.4. The first-order valence-corrected chi connectivity index (χ1v) is 9.40. The van der Waals surface area contributed by atoms with Crippen LogP contribution in [0.1, 0.15) is 0 Å². The van der Waals surface area contributed by atoms with Crippen molar-refractivity contribution in [1.29, 1.82) is 0 Å². The van der Waals surface area contributed by atoms with Gasteiger partial charge in [-0.3, -0.25) is 0 Å². The maximum Gasteiger partial charge on any atom is 0.188 e. The van der Waals surface area contributed by atoms with Crippen LogP contribution in [0.4, 0.5) is 0 Å². The number of benzene rings is 3. The molecule has 0 fully saturated rings. The third-order valence-corrected chi connectivity index (χ3v) is 6.88. The second-order valence-corrected chi connectivity index (χ2v) is 8.03. The number of hydrogen-bond acceptors (Lipinski definition) is 3. The van der Waals surface area contributed by atoms with Crippen LogP contribution in [-0.2, 0) is 9.30 Å². The molecule has 0 radical (unpaired) electrons. The van der Waals surface area contributed by atoms with E-state index in [1.54, 1.807) is 7.11 Å². The van der Waals surface area contributed by atoms with E-state index in [2.05, 4.69) is 0 Å². The Morgan fingerprint density at radius 3 is 1.79 bits per heavy atom. The number of rotatable bonds is 6. The molecule has 0 aliphatic rings. The van der Waals surface area contributed by atoms with Gasteiger partial charge in [-0.05, 0) is 12.1 Å². The maximum atomic E-state index is 14.3. The predicted octanol–water partition coefficient (Wildman–Crippen LogP) is 3.31. The van der Waals surface area contributed by atoms with Crippen molar-refractivity contribution in [3.8, 4) is 5.75 Å². The Kier molecular flexibility index (Phi) is 5.14. The van der Waals surface area contributed by atoms with E-state index >= 15 is 0 Å². The number of hydrogen-bond donors (Lipinski definition) is 0. The Labute approximate surface area is 142 Å². The summed E-state index contributed by atoms with van der Waals surface area (Å²) in [7, 11) is -1.47. The summed E-state index contributed by atoms with van der Waals surface area (Å²) in [4.78, 5) is 0. The van der Waals surface area contributed by atoms with E-state index in [9.17, 15) is 4.57 Å². The van der Waals surface area contributed by atoms with Crippen LogP contribution < -0.4 is 20.7 Å². The summed E-state index contributed by atoms with van der Waals surface area (Å²) in [5, 5.41) is 2.24. The van der Waals surface area contributed by atoms with E-state index in [-0.39, 0.29) is 6.79 Å². The van der Waals surface area contributed by atoms with Gasteiger partial charge in [0.1, 0.15) is 5.75 Å². The Morgan fingerprint density at radius 2 is 1.25 bits per heavy atom. The molecule has 122 valence electrons. The average Bonchev–Trinajstić information content (AvgIpc) is 2.67. The Bertz CT molecular complexity index is 788. The van der Waals surface area contributed by atoms with E-state index in [0.29, 0.717) is 11.1 Å². The van der Waals surface area contributed by atoms with Crippen LogP contribution in [0.25, 0.3) is 0 Å². The minimum absolute atomic E-state index is 0.112. The number of para-hydroxylation sites is 1. The van der Waals surface area contributed by atoms with Crippen molar-refractivity contribution in [2.24, 2.45) is 0 Å². The van der Waals surface area contributed by atoms with Crippen molar-refractivity contribution in [2.45, 2.75) is 0 Å². The van der Waals surface area contributed by atoms with Crippen molar-refractivity contribution in [1.82, 2.24) is 0 Å². The summed E-state index contributed by atoms with van der Waals surface area (Å²) in [5.74, 6) is 0.579. The molecule has 0 N–H and O–H groups in total. The number of ether oxygens (including phenoxy) is 2. The van der Waals surface area contributed by atoms with Gasteiger partial charge in [0.25, 0.3) is 0 Å². The molecule has 0 atom stereocenters. The van der Waals surface area contributed by atoms with Crippen LogP contribution >= 0.6 is 7.14 Å². The van der Waals surface area contributed by atoms with E-state index in [1.807, 2.05) is 84.9 Å². The van der Waals surface area contributed by atoms with Gasteiger partial charge in [-0.15, -0.1) is 0 Å². The Balaban J connectivity index is 2.23. The van der Waals surface area contributed by atoms with Crippen LogP contribution in [0.15, 0.2) is 84.9 Å². The van der Waals surface area contributed by atoms with Crippen molar-refractivity contribution >= 4 is 23.1 Å². The fourth-order valence-corrected chi connectivity index (χ4v) is 5.45. The van der Waals surface area contributed by atoms with Gasteiger partial charge in [-0.25, -0.2) is 0 Å². The molecule has 0 aliphatic heterocycles. The van der Waals surface area contributed by atoms with E-state index < -0.39 is 7.14 Å². The molecule has 3 nitrogen and oxygen atoms in total. The second-order valence-electron chi connectivity index (χ2n) is 5.30. The zero-order chi connectivity index (χ0) is 16.8. The van der Waals surface area contributed by atoms with Crippen LogP contribution in [0, 0.1) is 0 Å². The fraction of sp³-hybridized carbons (Fsp3) is 0.100. The first-order chi connectivity index (χ1) is 11.8. The number of methoxy groups -OCH3 is 1. The molecular formula is C20H19O3P. The van der Waals surface area contributed by atoms with Crippen molar-refractivity contribution in [3.63, 3.8) is 0 Å². The van der Waals surface area contributed by atoms with Gasteiger partial charge in [0.05, 0.1) is 5.30 Å². The molecule has 0 saturated carbocycles. The normalized spacial score (nSPS) is 11.2. The second kappa shape index (κ2) is 7.48. The maximum absolute atomic E-state index is 14.3. The molecule has 0 amide bonds. The smallest absolute Gasteiger partial charge is 0.188 e. The van der Waals surface area contributed by atoms with Crippen LogP contribution in [0.2, 0.25) is 0 Å². The van der Waals surface area contributed by atoms with Gasteiger partial charge in [0.15, 0.2) is 13.9 Å². The highest BCUT2D eigenvalue weighted by atomic mass is 31.2. The lowest BCUT2D eigenvalue weighted by Gasteiger charge is -2.22. The molecule has 0 aliphatic carbocycles. The molecular weight excluding hydrogens is 319 g/mol. The predicted molar refractivity (Wildman–Crippen MR) is 98.3 cm³/mol. The molecule has 3 aromatic carbocycles. The highest BCUT2D eigenvalue weighted by Gasteiger charge is 2.32. The molecule has 3 rings (SSSR count). The lowest BCUT2D eigenvalue weighted by Crippen LogP contribution is -2.26. The van der Waals surface area contributed by atoms with Crippen molar-refractivity contribution < 1.29 is 14.0 Å². The van der Waals surface area contributed by atoms with Gasteiger partial charge in [-0.2, -0.15) is 0 Å². The molecule has 0 spiro atoms. The first kappa shape index (κ1) is 16.5. The first-order valence-electron chi connectivity index (χ1n) is 7.69. The van der Waals surface area contributed by atoms with Crippen molar-refractivity contribution in [3.05, 3.63) is 84.9 Å². The summed E-state index contributed by atoms with van der Waals surface area (Å²) >= 11 is 0. The average molecular weight is 338 g/mol. The van der Waals surface area contributed by atoms with E-state index in [0.717, 1.165) is 10.6 Å². The van der Waals surface area contributed by atoms with Gasteiger partial charge >= 0.3 is 0 Å². The quantitative estimate of drug-likeness (QED) is 0.511. The third kappa shape index (κ3) is 3.14. The summed E-state index contributed by atoms with van der Waals surface area (Å²) < 4.78 is 25.0. The van der Waals surface area contributed by atoms with E-state index in [1.165, 1.54) is 0 Å². The SMILES string of the molecule is COCOc1ccccc1P(=O)(c1ccccc1)c1ccccc1. The van der Waals surface area contributed by atoms with Gasteiger partial charge < -0.3 is 14.0 Å². The summed E-state index contributed by atoms with van der Waals surface area (Å²) in [6.45, 7) is 0.112. The van der Waals surface area contributed by atoms with Crippen LogP contribution in [0.3, 0.4) is 0 Å². The molecule has 24 heavy (non-hydrogen) atoms. The molecule has 0 bridgehead atoms. The fourth-order valence-electron chi connectivity index (χ4n) is 2.66. The Morgan fingerprint density at radius 1 is 0.750 bits per heavy atom. The van der Waals surface area contributed by atoms with Gasteiger partial charge in [-0.1, -0.05) is 72.8 Å². The molecule has 0 aromatic heterocycles. The molecule has 3 aromatic rings. The Hall–Kier alpha value is -2.35. The highest BCUT2D eigenvalue weighted by molar-refractivity contribution is 7.85. The highest BCUT2D eigenvalue weighted by Crippen LogP contribution is 2.44. The van der Waals surface area contributed by atoms with Gasteiger partial charge in [0, 0.05) is 17.7 Å².